The number of rotatable bonds is 18. The Balaban J connectivity index is 0.000000194. The van der Waals surface area contributed by atoms with Crippen molar-refractivity contribution in [3.63, 3.8) is 0 Å². The summed E-state index contributed by atoms with van der Waals surface area (Å²) in [6.45, 7) is 3.44. The van der Waals surface area contributed by atoms with E-state index in [0.29, 0.717) is 85.0 Å². The van der Waals surface area contributed by atoms with Gasteiger partial charge in [0.15, 0.2) is 0 Å². The first-order valence-corrected chi connectivity index (χ1v) is 35.1. The maximum Gasteiger partial charge on any atom is 0.276 e. The zero-order valence-corrected chi connectivity index (χ0v) is 55.7. The number of methoxy groups -OCH3 is 3. The van der Waals surface area contributed by atoms with Crippen LogP contribution in [-0.2, 0) is 53.1 Å². The van der Waals surface area contributed by atoms with Gasteiger partial charge in [-0.15, -0.1) is 5.10 Å². The standard InChI is InChI=1S/C28H31N3O4S.C21H21N3O2S.C21H23NO3.CH4.Cl2OS/c1-21-12-14-24(15-13-21)36(33,34)31-30-23-16-18-28(19-17-23,22-8-4-3-5-9-22)20-29-27(32)25-10-6-7-11-26(25)35-2;1-26-18-10-6-5-9-16(18)20(25)22-14-21(15-7-3-2-4-8-15)12-11-17-19(13-21)27-24-23-17;1-25-19-10-6-5-9-18(19)20(24)22-15-21(13-11-17(23)12-14-21)16-7-3-2-4-8-16;;1-4(2)3/h3-15,31H,16-20H2,1-2H3,(H,29,32);2-10H,11-14H2,1H3,(H,22,25);2-10H,11-15H2,1H3,(H,22,24);1H4;. The van der Waals surface area contributed by atoms with Crippen LogP contribution in [0.4, 0.5) is 0 Å². The van der Waals surface area contributed by atoms with Gasteiger partial charge < -0.3 is 30.2 Å². The number of halogens is 2. The number of para-hydroxylation sites is 3. The fourth-order valence-electron chi connectivity index (χ4n) is 11.9. The molecule has 0 aliphatic heterocycles. The summed E-state index contributed by atoms with van der Waals surface area (Å²) in [6.07, 6.45) is 8.03. The third-order valence-corrected chi connectivity index (χ3v) is 19.1. The molecule has 2 saturated carbocycles. The number of ketones is 1. The molecule has 93 heavy (non-hydrogen) atoms. The molecule has 2 fully saturated rings. The Labute approximate surface area is 561 Å². The van der Waals surface area contributed by atoms with Gasteiger partial charge in [-0.2, -0.15) is 13.5 Å². The van der Waals surface area contributed by atoms with Gasteiger partial charge in [0.1, 0.15) is 23.0 Å². The summed E-state index contributed by atoms with van der Waals surface area (Å²) in [7, 11) is 8.32. The molecule has 490 valence electrons. The molecule has 22 heteroatoms. The van der Waals surface area contributed by atoms with Gasteiger partial charge in [0.25, 0.3) is 27.7 Å². The summed E-state index contributed by atoms with van der Waals surface area (Å²) in [5.74, 6) is 1.54. The summed E-state index contributed by atoms with van der Waals surface area (Å²) in [4.78, 5) is 54.0. The van der Waals surface area contributed by atoms with Crippen LogP contribution >= 0.6 is 32.9 Å². The minimum absolute atomic E-state index is 0. The molecule has 1 heterocycles. The summed E-state index contributed by atoms with van der Waals surface area (Å²) in [6, 6.07) is 59.1. The molecular formula is C71H79Cl2N7O10S3. The average Bonchev–Trinajstić information content (AvgIpc) is 1.55. The smallest absolute Gasteiger partial charge is 0.276 e. The first-order chi connectivity index (χ1) is 44.4. The maximum absolute atomic E-state index is 13.0. The van der Waals surface area contributed by atoms with Gasteiger partial charge in [-0.3, -0.25) is 19.2 Å². The van der Waals surface area contributed by atoms with Gasteiger partial charge >= 0.3 is 0 Å². The van der Waals surface area contributed by atoms with Crippen molar-refractivity contribution in [3.05, 3.63) is 238 Å². The number of carbonyl (C=O) groups is 4. The quantitative estimate of drug-likeness (QED) is 0.0464. The molecule has 1 atom stereocenters. The molecule has 1 unspecified atom stereocenters. The number of hydrogen-bond donors (Lipinski definition) is 4. The number of ether oxygens (including phenoxy) is 3. The van der Waals surface area contributed by atoms with E-state index in [9.17, 15) is 27.6 Å². The maximum atomic E-state index is 13.0. The van der Waals surface area contributed by atoms with Crippen LogP contribution in [0.3, 0.4) is 0 Å². The van der Waals surface area contributed by atoms with Crippen molar-refractivity contribution in [1.29, 1.82) is 0 Å². The van der Waals surface area contributed by atoms with Crippen LogP contribution in [0.2, 0.25) is 0 Å². The number of carbonyl (C=O) groups excluding carboxylic acids is 4. The molecule has 3 aliphatic carbocycles. The Morgan fingerprint density at radius 2 is 0.892 bits per heavy atom. The third-order valence-electron chi connectivity index (χ3n) is 17.2. The summed E-state index contributed by atoms with van der Waals surface area (Å²) < 4.78 is 54.4. The van der Waals surface area contributed by atoms with Crippen LogP contribution < -0.4 is 35.0 Å². The van der Waals surface area contributed by atoms with Crippen LogP contribution in [0.1, 0.15) is 129 Å². The van der Waals surface area contributed by atoms with Gasteiger partial charge in [0.2, 0.25) is 9.23 Å². The lowest BCUT2D eigenvalue weighted by Gasteiger charge is -2.38. The van der Waals surface area contributed by atoms with E-state index in [1.807, 2.05) is 85.8 Å². The normalized spacial score (nSPS) is 17.0. The Hall–Kier alpha value is -8.27. The van der Waals surface area contributed by atoms with Crippen LogP contribution in [0.25, 0.3) is 0 Å². The number of nitrogens with one attached hydrogen (secondary N) is 4. The molecule has 0 spiro atoms. The first kappa shape index (κ1) is 72.2. The van der Waals surface area contributed by atoms with E-state index in [-0.39, 0.29) is 46.3 Å². The van der Waals surface area contributed by atoms with Gasteiger partial charge in [-0.1, -0.05) is 157 Å². The Morgan fingerprint density at radius 1 is 0.538 bits per heavy atom. The summed E-state index contributed by atoms with van der Waals surface area (Å²) in [5, 5.41) is 17.8. The zero-order valence-electron chi connectivity index (χ0n) is 51.7. The van der Waals surface area contributed by atoms with Crippen molar-refractivity contribution in [2.45, 2.75) is 106 Å². The second-order valence-corrected chi connectivity index (χ2v) is 27.7. The van der Waals surface area contributed by atoms with E-state index in [1.54, 1.807) is 82.0 Å². The molecule has 4 N–H and O–H groups in total. The van der Waals surface area contributed by atoms with Gasteiger partial charge in [-0.05, 0) is 141 Å². The van der Waals surface area contributed by atoms with E-state index in [1.165, 1.54) is 27.5 Å². The van der Waals surface area contributed by atoms with E-state index >= 15 is 0 Å². The van der Waals surface area contributed by atoms with Crippen molar-refractivity contribution >= 4 is 81.4 Å². The number of fused-ring (bicyclic) bond motifs is 1. The summed E-state index contributed by atoms with van der Waals surface area (Å²) in [5.41, 5.74) is 7.40. The van der Waals surface area contributed by atoms with Crippen LogP contribution in [0, 0.1) is 6.92 Å². The van der Waals surface area contributed by atoms with Gasteiger partial charge in [-0.25, -0.2) is 9.04 Å². The molecule has 8 aromatic rings. The number of hydrogen-bond acceptors (Lipinski definition) is 14. The Bertz CT molecular complexity index is 3920. The molecule has 0 saturated heterocycles. The van der Waals surface area contributed by atoms with Crippen LogP contribution in [-0.4, -0.2) is 92.4 Å². The van der Waals surface area contributed by atoms with Crippen molar-refractivity contribution in [3.8, 4) is 17.2 Å². The molecule has 1 aromatic heterocycles. The second kappa shape index (κ2) is 34.6. The van der Waals surface area contributed by atoms with Gasteiger partial charge in [0.05, 0.1) is 48.6 Å². The highest BCUT2D eigenvalue weighted by atomic mass is 36.0. The Morgan fingerprint density at radius 3 is 1.30 bits per heavy atom. The lowest BCUT2D eigenvalue weighted by molar-refractivity contribution is -0.121. The number of Topliss-reactive ketones (excluding diaryl/α,β-unsaturated/α-hetero) is 1. The molecule has 3 amide bonds. The summed E-state index contributed by atoms with van der Waals surface area (Å²) >= 11 is 1.47. The minimum atomic E-state index is -3.72. The minimum Gasteiger partial charge on any atom is -0.496 e. The monoisotopic (exact) mass is 1360 g/mol. The highest BCUT2D eigenvalue weighted by Crippen LogP contribution is 2.41. The lowest BCUT2D eigenvalue weighted by Crippen LogP contribution is -2.44. The molecule has 0 bridgehead atoms. The van der Waals surface area contributed by atoms with E-state index in [4.69, 9.17) is 18.4 Å². The number of nitrogens with zero attached hydrogens (tertiary/aromatic N) is 3. The van der Waals surface area contributed by atoms with E-state index < -0.39 is 19.2 Å². The lowest BCUT2D eigenvalue weighted by atomic mass is 9.69. The number of aryl methyl sites for hydroxylation is 2. The molecule has 17 nitrogen and oxygen atoms in total. The largest absolute Gasteiger partial charge is 0.496 e. The molecule has 7 aromatic carbocycles. The fourth-order valence-corrected chi connectivity index (χ4v) is 13.6. The van der Waals surface area contributed by atoms with E-state index in [2.05, 4.69) is 105 Å². The number of hydrazone groups is 1. The third kappa shape index (κ3) is 19.4. The SMILES string of the molecule is C.COc1ccccc1C(=O)NCC1(c2ccccc2)CCC(=NNS(=O)(=O)c2ccc(C)cc2)CC1.COc1ccccc1C(=O)NCC1(c2ccccc2)CCC(=O)CC1.COc1ccccc1C(=O)NCC1(c2ccccc2)CCc2nnsc2C1.O=S(Cl)Cl. The van der Waals surface area contributed by atoms with E-state index in [0.717, 1.165) is 67.5 Å². The van der Waals surface area contributed by atoms with Crippen LogP contribution in [0.5, 0.6) is 17.2 Å². The topological polar surface area (TPSA) is 233 Å². The predicted molar refractivity (Wildman–Crippen MR) is 370 cm³/mol. The zero-order chi connectivity index (χ0) is 65.6. The highest BCUT2D eigenvalue weighted by Gasteiger charge is 2.40. The fraction of sp³-hybridized carbons (Fsp3) is 0.310. The first-order valence-electron chi connectivity index (χ1n) is 30.0. The highest BCUT2D eigenvalue weighted by molar-refractivity contribution is 8.26. The molecular weight excluding hydrogens is 1280 g/mol. The number of benzene rings is 7. The average molecular weight is 1360 g/mol. The molecule has 0 radical (unpaired) electrons. The molecule has 3 aliphatic rings. The van der Waals surface area contributed by atoms with Crippen molar-refractivity contribution < 1.29 is 46.0 Å². The van der Waals surface area contributed by atoms with Crippen LogP contribution in [0.15, 0.2) is 198 Å². The van der Waals surface area contributed by atoms with Crippen molar-refractivity contribution in [1.82, 2.24) is 30.4 Å². The second-order valence-electron chi connectivity index (χ2n) is 22.7. The number of amides is 3. The van der Waals surface area contributed by atoms with Crippen molar-refractivity contribution in [2.75, 3.05) is 41.0 Å². The molecule has 11 rings (SSSR count). The van der Waals surface area contributed by atoms with Gasteiger partial charge in [0, 0.05) is 80.7 Å². The number of sulfonamides is 1. The van der Waals surface area contributed by atoms with Crippen molar-refractivity contribution in [2.24, 2.45) is 5.10 Å². The Kier molecular flexibility index (Phi) is 26.8. The number of aromatic nitrogens is 2. The predicted octanol–water partition coefficient (Wildman–Crippen LogP) is 13.2.